The standard InChI is InChI=1S/C16H19ClN2O/c1-3-9-19-11-15(7-8-16(19)20)18-12(2)13-5-4-6-14(17)10-13/h4-8,10-12,18H,3,9H2,1-2H3. The van der Waals surface area contributed by atoms with Gasteiger partial charge >= 0.3 is 0 Å². The fraction of sp³-hybridized carbons (Fsp3) is 0.312. The van der Waals surface area contributed by atoms with Gasteiger partial charge in [0.05, 0.1) is 5.69 Å². The molecule has 0 amide bonds. The Morgan fingerprint density at radius 2 is 2.10 bits per heavy atom. The van der Waals surface area contributed by atoms with Crippen molar-refractivity contribution in [2.45, 2.75) is 32.9 Å². The maximum Gasteiger partial charge on any atom is 0.250 e. The minimum absolute atomic E-state index is 0.0350. The summed E-state index contributed by atoms with van der Waals surface area (Å²) in [5, 5.41) is 4.12. The van der Waals surface area contributed by atoms with Crippen LogP contribution in [-0.4, -0.2) is 4.57 Å². The van der Waals surface area contributed by atoms with Crippen molar-refractivity contribution >= 4 is 17.3 Å². The van der Waals surface area contributed by atoms with Gasteiger partial charge < -0.3 is 9.88 Å². The van der Waals surface area contributed by atoms with Crippen molar-refractivity contribution in [2.24, 2.45) is 0 Å². The smallest absolute Gasteiger partial charge is 0.250 e. The Kier molecular flexibility index (Phi) is 4.85. The highest BCUT2D eigenvalue weighted by Crippen LogP contribution is 2.21. The Bertz CT molecular complexity index is 636. The molecule has 4 heteroatoms. The molecular formula is C16H19ClN2O. The van der Waals surface area contributed by atoms with Gasteiger partial charge in [0, 0.05) is 29.9 Å². The maximum absolute atomic E-state index is 11.7. The molecule has 0 aliphatic rings. The zero-order valence-electron chi connectivity index (χ0n) is 11.8. The number of aromatic nitrogens is 1. The molecule has 1 aromatic heterocycles. The molecule has 1 atom stereocenters. The van der Waals surface area contributed by atoms with Crippen LogP contribution in [0.4, 0.5) is 5.69 Å². The van der Waals surface area contributed by atoms with Crippen LogP contribution in [0.2, 0.25) is 5.02 Å². The van der Waals surface area contributed by atoms with Gasteiger partial charge in [-0.25, -0.2) is 0 Å². The average molecular weight is 291 g/mol. The topological polar surface area (TPSA) is 34.0 Å². The number of hydrogen-bond donors (Lipinski definition) is 1. The minimum atomic E-state index is 0.0350. The molecule has 0 aliphatic heterocycles. The number of anilines is 1. The van der Waals surface area contributed by atoms with Crippen molar-refractivity contribution in [2.75, 3.05) is 5.32 Å². The lowest BCUT2D eigenvalue weighted by atomic mass is 10.1. The van der Waals surface area contributed by atoms with Crippen LogP contribution in [0.5, 0.6) is 0 Å². The number of aryl methyl sites for hydroxylation is 1. The van der Waals surface area contributed by atoms with Crippen LogP contribution in [0.15, 0.2) is 47.4 Å². The van der Waals surface area contributed by atoms with Crippen molar-refractivity contribution in [1.29, 1.82) is 0 Å². The van der Waals surface area contributed by atoms with Crippen LogP contribution >= 0.6 is 11.6 Å². The van der Waals surface area contributed by atoms with E-state index >= 15 is 0 Å². The minimum Gasteiger partial charge on any atom is -0.377 e. The lowest BCUT2D eigenvalue weighted by Crippen LogP contribution is -2.19. The molecule has 1 aromatic carbocycles. The normalized spacial score (nSPS) is 12.2. The van der Waals surface area contributed by atoms with E-state index in [1.165, 1.54) is 0 Å². The molecule has 0 saturated heterocycles. The predicted molar refractivity (Wildman–Crippen MR) is 84.5 cm³/mol. The molecule has 0 bridgehead atoms. The average Bonchev–Trinajstić information content (AvgIpc) is 2.43. The number of halogens is 1. The van der Waals surface area contributed by atoms with E-state index in [1.807, 2.05) is 36.5 Å². The Labute approximate surface area is 124 Å². The number of pyridine rings is 1. The Morgan fingerprint density at radius 1 is 1.30 bits per heavy atom. The largest absolute Gasteiger partial charge is 0.377 e. The Morgan fingerprint density at radius 3 is 2.80 bits per heavy atom. The second-order valence-electron chi connectivity index (χ2n) is 4.87. The quantitative estimate of drug-likeness (QED) is 0.900. The molecule has 2 aromatic rings. The molecule has 20 heavy (non-hydrogen) atoms. The van der Waals surface area contributed by atoms with E-state index in [-0.39, 0.29) is 11.6 Å². The van der Waals surface area contributed by atoms with Gasteiger partial charge in [0.15, 0.2) is 0 Å². The number of nitrogens with zero attached hydrogens (tertiary/aromatic N) is 1. The van der Waals surface area contributed by atoms with Crippen molar-refractivity contribution in [3.05, 3.63) is 63.5 Å². The van der Waals surface area contributed by atoms with Gasteiger partial charge in [0.1, 0.15) is 0 Å². The first-order chi connectivity index (χ1) is 9.60. The van der Waals surface area contributed by atoms with E-state index in [0.29, 0.717) is 0 Å². The van der Waals surface area contributed by atoms with E-state index in [1.54, 1.807) is 10.6 Å². The number of benzene rings is 1. The third kappa shape index (κ3) is 3.64. The summed E-state index contributed by atoms with van der Waals surface area (Å²) in [7, 11) is 0. The second kappa shape index (κ2) is 6.62. The van der Waals surface area contributed by atoms with Crippen LogP contribution in [0.25, 0.3) is 0 Å². The summed E-state index contributed by atoms with van der Waals surface area (Å²) in [5.41, 5.74) is 2.09. The summed E-state index contributed by atoms with van der Waals surface area (Å²) in [6, 6.07) is 11.3. The molecule has 1 heterocycles. The van der Waals surface area contributed by atoms with Gasteiger partial charge in [0.25, 0.3) is 5.56 Å². The number of nitrogens with one attached hydrogen (secondary N) is 1. The lowest BCUT2D eigenvalue weighted by Gasteiger charge is -2.17. The van der Waals surface area contributed by atoms with Gasteiger partial charge in [-0.05, 0) is 37.1 Å². The third-order valence-electron chi connectivity index (χ3n) is 3.18. The highest BCUT2D eigenvalue weighted by Gasteiger charge is 2.06. The summed E-state index contributed by atoms with van der Waals surface area (Å²) in [4.78, 5) is 11.7. The second-order valence-corrected chi connectivity index (χ2v) is 5.31. The van der Waals surface area contributed by atoms with E-state index in [0.717, 1.165) is 29.2 Å². The molecule has 2 rings (SSSR count). The predicted octanol–water partition coefficient (Wildman–Crippen LogP) is 4.08. The van der Waals surface area contributed by atoms with Gasteiger partial charge in [-0.15, -0.1) is 0 Å². The fourth-order valence-electron chi connectivity index (χ4n) is 2.14. The molecule has 0 saturated carbocycles. The van der Waals surface area contributed by atoms with E-state index in [9.17, 15) is 4.79 Å². The summed E-state index contributed by atoms with van der Waals surface area (Å²) in [6.45, 7) is 4.86. The first-order valence-corrected chi connectivity index (χ1v) is 7.20. The van der Waals surface area contributed by atoms with Crippen LogP contribution in [0.3, 0.4) is 0 Å². The van der Waals surface area contributed by atoms with Crippen LogP contribution in [-0.2, 0) is 6.54 Å². The van der Waals surface area contributed by atoms with E-state index in [2.05, 4.69) is 19.2 Å². The summed E-state index contributed by atoms with van der Waals surface area (Å²) < 4.78 is 1.73. The van der Waals surface area contributed by atoms with Crippen LogP contribution < -0.4 is 10.9 Å². The van der Waals surface area contributed by atoms with Crippen molar-refractivity contribution in [3.63, 3.8) is 0 Å². The first-order valence-electron chi connectivity index (χ1n) is 6.82. The summed E-state index contributed by atoms with van der Waals surface area (Å²) >= 11 is 6.01. The van der Waals surface area contributed by atoms with Crippen LogP contribution in [0, 0.1) is 0 Å². The fourth-order valence-corrected chi connectivity index (χ4v) is 2.34. The molecule has 0 aliphatic carbocycles. The van der Waals surface area contributed by atoms with Crippen molar-refractivity contribution < 1.29 is 0 Å². The number of rotatable bonds is 5. The molecule has 0 spiro atoms. The molecular weight excluding hydrogens is 272 g/mol. The van der Waals surface area contributed by atoms with Crippen molar-refractivity contribution in [3.8, 4) is 0 Å². The van der Waals surface area contributed by atoms with E-state index < -0.39 is 0 Å². The lowest BCUT2D eigenvalue weighted by molar-refractivity contribution is 0.654. The zero-order valence-corrected chi connectivity index (χ0v) is 12.5. The van der Waals surface area contributed by atoms with Crippen molar-refractivity contribution in [1.82, 2.24) is 4.57 Å². The highest BCUT2D eigenvalue weighted by atomic mass is 35.5. The molecule has 1 unspecified atom stereocenters. The molecule has 0 radical (unpaired) electrons. The number of hydrogen-bond acceptors (Lipinski definition) is 2. The maximum atomic E-state index is 11.7. The first kappa shape index (κ1) is 14.7. The molecule has 0 fully saturated rings. The monoisotopic (exact) mass is 290 g/mol. The zero-order chi connectivity index (χ0) is 14.5. The molecule has 3 nitrogen and oxygen atoms in total. The summed E-state index contributed by atoms with van der Waals surface area (Å²) in [6.07, 6.45) is 2.81. The van der Waals surface area contributed by atoms with Crippen LogP contribution in [0.1, 0.15) is 31.9 Å². The molecule has 106 valence electrons. The highest BCUT2D eigenvalue weighted by molar-refractivity contribution is 6.30. The van der Waals surface area contributed by atoms with E-state index in [4.69, 9.17) is 11.6 Å². The third-order valence-corrected chi connectivity index (χ3v) is 3.41. The van der Waals surface area contributed by atoms with Gasteiger partial charge in [0.2, 0.25) is 0 Å². The summed E-state index contributed by atoms with van der Waals surface area (Å²) in [5.74, 6) is 0. The Balaban J connectivity index is 2.17. The SMILES string of the molecule is CCCn1cc(NC(C)c2cccc(Cl)c2)ccc1=O. The molecule has 1 N–H and O–H groups in total. The van der Waals surface area contributed by atoms with Gasteiger partial charge in [-0.1, -0.05) is 30.7 Å². The Hall–Kier alpha value is -1.74. The van der Waals surface area contributed by atoms with Gasteiger partial charge in [-0.2, -0.15) is 0 Å². The van der Waals surface area contributed by atoms with Gasteiger partial charge in [-0.3, -0.25) is 4.79 Å².